The van der Waals surface area contributed by atoms with Gasteiger partial charge in [-0.05, 0) is 30.9 Å². The molecule has 4 nitrogen and oxygen atoms in total. The third-order valence-electron chi connectivity index (χ3n) is 3.12. The molecule has 1 aromatic rings. The molecule has 2 rings (SSSR count). The fraction of sp³-hybridized carbons (Fsp3) is 0.538. The SMILES string of the molecule is COC[C@H]1CCCN(c2ccc(C#N)cn2)C1. The number of rotatable bonds is 3. The molecule has 1 saturated heterocycles. The first kappa shape index (κ1) is 11.9. The second kappa shape index (κ2) is 5.65. The fourth-order valence-corrected chi connectivity index (χ4v) is 2.28. The lowest BCUT2D eigenvalue weighted by molar-refractivity contribution is 0.143. The van der Waals surface area contributed by atoms with Gasteiger partial charge in [0, 0.05) is 26.4 Å². The van der Waals surface area contributed by atoms with Gasteiger partial charge in [-0.2, -0.15) is 5.26 Å². The molecule has 1 atom stereocenters. The van der Waals surface area contributed by atoms with Crippen molar-refractivity contribution in [2.24, 2.45) is 5.92 Å². The van der Waals surface area contributed by atoms with Gasteiger partial charge in [-0.25, -0.2) is 4.98 Å². The fourth-order valence-electron chi connectivity index (χ4n) is 2.28. The molecule has 0 aromatic carbocycles. The Morgan fingerprint density at radius 1 is 1.59 bits per heavy atom. The van der Waals surface area contributed by atoms with Gasteiger partial charge >= 0.3 is 0 Å². The summed E-state index contributed by atoms with van der Waals surface area (Å²) in [4.78, 5) is 6.60. The summed E-state index contributed by atoms with van der Waals surface area (Å²) in [5.41, 5.74) is 0.610. The van der Waals surface area contributed by atoms with Gasteiger partial charge < -0.3 is 9.64 Å². The van der Waals surface area contributed by atoms with Gasteiger partial charge in [0.25, 0.3) is 0 Å². The maximum atomic E-state index is 8.73. The molecular formula is C13H17N3O. The summed E-state index contributed by atoms with van der Waals surface area (Å²) in [7, 11) is 1.75. The number of hydrogen-bond donors (Lipinski definition) is 0. The summed E-state index contributed by atoms with van der Waals surface area (Å²) < 4.78 is 5.21. The van der Waals surface area contributed by atoms with Crippen molar-refractivity contribution in [3.63, 3.8) is 0 Å². The van der Waals surface area contributed by atoms with Gasteiger partial charge in [0.15, 0.2) is 0 Å². The molecule has 2 heterocycles. The Balaban J connectivity index is 2.03. The Kier molecular flexibility index (Phi) is 3.94. The van der Waals surface area contributed by atoms with Crippen molar-refractivity contribution in [3.05, 3.63) is 23.9 Å². The second-order valence-corrected chi connectivity index (χ2v) is 4.43. The van der Waals surface area contributed by atoms with E-state index >= 15 is 0 Å². The standard InChI is InChI=1S/C13H17N3O/c1-17-10-12-3-2-6-16(9-12)13-5-4-11(7-14)8-15-13/h4-5,8,12H,2-3,6,9-10H2,1H3/t12-/m0/s1. The van der Waals surface area contributed by atoms with Crippen LogP contribution in [0.15, 0.2) is 18.3 Å². The monoisotopic (exact) mass is 231 g/mol. The van der Waals surface area contributed by atoms with Crippen LogP contribution in [-0.2, 0) is 4.74 Å². The molecule has 17 heavy (non-hydrogen) atoms. The molecular weight excluding hydrogens is 214 g/mol. The molecule has 0 saturated carbocycles. The Morgan fingerprint density at radius 3 is 3.12 bits per heavy atom. The zero-order valence-electron chi connectivity index (χ0n) is 10.1. The lowest BCUT2D eigenvalue weighted by Crippen LogP contribution is -2.37. The summed E-state index contributed by atoms with van der Waals surface area (Å²) in [6.07, 6.45) is 4.03. The average molecular weight is 231 g/mol. The predicted octanol–water partition coefficient (Wildman–Crippen LogP) is 1.82. The van der Waals surface area contributed by atoms with Gasteiger partial charge in [-0.15, -0.1) is 0 Å². The molecule has 1 fully saturated rings. The van der Waals surface area contributed by atoms with E-state index in [-0.39, 0.29) is 0 Å². The first-order valence-electron chi connectivity index (χ1n) is 5.93. The number of anilines is 1. The molecule has 0 unspecified atom stereocenters. The molecule has 1 aliphatic heterocycles. The maximum Gasteiger partial charge on any atom is 0.128 e. The zero-order chi connectivity index (χ0) is 12.1. The van der Waals surface area contributed by atoms with Crippen molar-refractivity contribution in [2.75, 3.05) is 31.7 Å². The highest BCUT2D eigenvalue weighted by Gasteiger charge is 2.20. The highest BCUT2D eigenvalue weighted by molar-refractivity contribution is 5.42. The quantitative estimate of drug-likeness (QED) is 0.796. The lowest BCUT2D eigenvalue weighted by Gasteiger charge is -2.33. The number of nitrogens with zero attached hydrogens (tertiary/aromatic N) is 3. The molecule has 0 spiro atoms. The number of pyridine rings is 1. The van der Waals surface area contributed by atoms with Crippen molar-refractivity contribution in [1.29, 1.82) is 5.26 Å². The van der Waals surface area contributed by atoms with Crippen molar-refractivity contribution in [3.8, 4) is 6.07 Å². The first-order valence-corrected chi connectivity index (χ1v) is 5.93. The van der Waals surface area contributed by atoms with Crippen molar-refractivity contribution >= 4 is 5.82 Å². The van der Waals surface area contributed by atoms with Gasteiger partial charge in [0.2, 0.25) is 0 Å². The van der Waals surface area contributed by atoms with Crippen LogP contribution in [0.1, 0.15) is 18.4 Å². The van der Waals surface area contributed by atoms with Crippen molar-refractivity contribution < 1.29 is 4.74 Å². The first-order chi connectivity index (χ1) is 8.33. The summed E-state index contributed by atoms with van der Waals surface area (Å²) in [5.74, 6) is 1.55. The van der Waals surface area contributed by atoms with Gasteiger partial charge in [-0.3, -0.25) is 0 Å². The van der Waals surface area contributed by atoms with Crippen molar-refractivity contribution in [1.82, 2.24) is 4.98 Å². The van der Waals surface area contributed by atoms with Crippen LogP contribution in [-0.4, -0.2) is 31.8 Å². The van der Waals surface area contributed by atoms with Gasteiger partial charge in [0.1, 0.15) is 11.9 Å². The van der Waals surface area contributed by atoms with E-state index < -0.39 is 0 Å². The largest absolute Gasteiger partial charge is 0.384 e. The Labute approximate surface area is 102 Å². The number of nitriles is 1. The minimum absolute atomic E-state index is 0.589. The molecule has 0 radical (unpaired) electrons. The Hall–Kier alpha value is -1.60. The van der Waals surface area contributed by atoms with E-state index in [1.54, 1.807) is 13.3 Å². The number of ether oxygens (including phenoxy) is 1. The van der Waals surface area contributed by atoms with Crippen LogP contribution in [0.5, 0.6) is 0 Å². The second-order valence-electron chi connectivity index (χ2n) is 4.43. The smallest absolute Gasteiger partial charge is 0.128 e. The van der Waals surface area contributed by atoms with E-state index in [2.05, 4.69) is 16.0 Å². The van der Waals surface area contributed by atoms with E-state index in [4.69, 9.17) is 10.00 Å². The molecule has 0 aliphatic carbocycles. The topological polar surface area (TPSA) is 49.1 Å². The zero-order valence-corrected chi connectivity index (χ0v) is 10.1. The van der Waals surface area contributed by atoms with E-state index in [1.807, 2.05) is 12.1 Å². The van der Waals surface area contributed by atoms with Crippen LogP contribution < -0.4 is 4.90 Å². The number of piperidine rings is 1. The van der Waals surface area contributed by atoms with Crippen LogP contribution in [0, 0.1) is 17.2 Å². The Morgan fingerprint density at radius 2 is 2.47 bits per heavy atom. The van der Waals surface area contributed by atoms with Crippen LogP contribution in [0.3, 0.4) is 0 Å². The van der Waals surface area contributed by atoms with Crippen molar-refractivity contribution in [2.45, 2.75) is 12.8 Å². The highest BCUT2D eigenvalue weighted by Crippen LogP contribution is 2.21. The normalized spacial score (nSPS) is 20.0. The number of hydrogen-bond acceptors (Lipinski definition) is 4. The van der Waals surface area contributed by atoms with E-state index in [9.17, 15) is 0 Å². The molecule has 0 N–H and O–H groups in total. The van der Waals surface area contributed by atoms with Crippen LogP contribution in [0.4, 0.5) is 5.82 Å². The third kappa shape index (κ3) is 2.95. The lowest BCUT2D eigenvalue weighted by atomic mass is 9.99. The van der Waals surface area contributed by atoms with Crippen LogP contribution in [0.25, 0.3) is 0 Å². The van der Waals surface area contributed by atoms with E-state index in [0.717, 1.165) is 25.5 Å². The summed E-state index contributed by atoms with van der Waals surface area (Å²) in [5, 5.41) is 8.73. The minimum Gasteiger partial charge on any atom is -0.384 e. The molecule has 1 aliphatic rings. The van der Waals surface area contributed by atoms with Gasteiger partial charge in [0.05, 0.1) is 12.2 Å². The number of aromatic nitrogens is 1. The summed E-state index contributed by atoms with van der Waals surface area (Å²) >= 11 is 0. The molecule has 0 amide bonds. The minimum atomic E-state index is 0.589. The molecule has 4 heteroatoms. The maximum absolute atomic E-state index is 8.73. The average Bonchev–Trinajstić information content (AvgIpc) is 2.40. The Bertz CT molecular complexity index is 394. The molecule has 1 aromatic heterocycles. The summed E-state index contributed by atoms with van der Waals surface area (Å²) in [6, 6.07) is 5.83. The van der Waals surface area contributed by atoms with Crippen LogP contribution >= 0.6 is 0 Å². The van der Waals surface area contributed by atoms with Crippen LogP contribution in [0.2, 0.25) is 0 Å². The summed E-state index contributed by atoms with van der Waals surface area (Å²) in [6.45, 7) is 2.85. The van der Waals surface area contributed by atoms with Gasteiger partial charge in [-0.1, -0.05) is 0 Å². The van der Waals surface area contributed by atoms with E-state index in [1.165, 1.54) is 12.8 Å². The molecule has 0 bridgehead atoms. The molecule has 90 valence electrons. The predicted molar refractivity (Wildman–Crippen MR) is 65.8 cm³/mol. The third-order valence-corrected chi connectivity index (χ3v) is 3.12. The number of methoxy groups -OCH3 is 1. The highest BCUT2D eigenvalue weighted by atomic mass is 16.5. The van der Waals surface area contributed by atoms with E-state index in [0.29, 0.717) is 11.5 Å².